The predicted molar refractivity (Wildman–Crippen MR) is 83.9 cm³/mol. The average Bonchev–Trinajstić information content (AvgIpc) is 2.52. The van der Waals surface area contributed by atoms with Gasteiger partial charge in [-0.3, -0.25) is 0 Å². The van der Waals surface area contributed by atoms with Gasteiger partial charge in [0.15, 0.2) is 11.6 Å². The molecule has 6 heteroatoms. The maximum absolute atomic E-state index is 6.22. The molecular weight excluding hydrogens is 266 g/mol. The molecule has 110 valence electrons. The minimum absolute atomic E-state index is 0.569. The van der Waals surface area contributed by atoms with E-state index in [9.17, 15) is 0 Å². The Morgan fingerprint density at radius 2 is 1.86 bits per heavy atom. The van der Waals surface area contributed by atoms with E-state index in [1.54, 1.807) is 0 Å². The third-order valence-electron chi connectivity index (χ3n) is 3.49. The van der Waals surface area contributed by atoms with Gasteiger partial charge in [0.05, 0.1) is 13.2 Å². The molecule has 2 heterocycles. The van der Waals surface area contributed by atoms with Crippen molar-refractivity contribution in [2.24, 2.45) is 0 Å². The molecule has 0 spiro atoms. The first-order valence-electron chi connectivity index (χ1n) is 7.01. The number of aryl methyl sites for hydroxylation is 1. The molecule has 21 heavy (non-hydrogen) atoms. The Kier molecular flexibility index (Phi) is 3.87. The molecule has 0 unspecified atom stereocenters. The fraction of sp³-hybridized carbons (Fsp3) is 0.333. The number of hydrogen-bond donors (Lipinski definition) is 2. The van der Waals surface area contributed by atoms with Crippen molar-refractivity contribution < 1.29 is 4.74 Å². The van der Waals surface area contributed by atoms with Crippen LogP contribution in [0.15, 0.2) is 30.6 Å². The molecule has 3 N–H and O–H groups in total. The van der Waals surface area contributed by atoms with E-state index in [-0.39, 0.29) is 0 Å². The Hall–Kier alpha value is -2.34. The molecule has 6 nitrogen and oxygen atoms in total. The Morgan fingerprint density at radius 3 is 2.57 bits per heavy atom. The predicted octanol–water partition coefficient (Wildman–Crippen LogP) is 1.95. The first-order valence-corrected chi connectivity index (χ1v) is 7.01. The van der Waals surface area contributed by atoms with E-state index in [4.69, 9.17) is 10.5 Å². The number of rotatable bonds is 3. The Bertz CT molecular complexity index is 608. The van der Waals surface area contributed by atoms with E-state index in [1.165, 1.54) is 11.9 Å². The molecule has 1 aromatic carbocycles. The van der Waals surface area contributed by atoms with Crippen molar-refractivity contribution in [3.63, 3.8) is 0 Å². The zero-order valence-electron chi connectivity index (χ0n) is 12.0. The Morgan fingerprint density at radius 1 is 1.14 bits per heavy atom. The van der Waals surface area contributed by atoms with Crippen LogP contribution in [-0.2, 0) is 4.74 Å². The molecule has 1 aliphatic rings. The summed E-state index contributed by atoms with van der Waals surface area (Å²) in [7, 11) is 0. The number of anilines is 4. The molecule has 0 saturated carbocycles. The number of morpholine rings is 1. The topological polar surface area (TPSA) is 76.3 Å². The fourth-order valence-electron chi connectivity index (χ4n) is 2.29. The van der Waals surface area contributed by atoms with Gasteiger partial charge >= 0.3 is 0 Å². The summed E-state index contributed by atoms with van der Waals surface area (Å²) >= 11 is 0. The molecule has 0 aliphatic carbocycles. The SMILES string of the molecule is Cc1ccc(Nc2ncnc(N3CCOCC3)c2N)cc1. The minimum atomic E-state index is 0.569. The normalized spacial score (nSPS) is 15.0. The number of ether oxygens (including phenoxy) is 1. The minimum Gasteiger partial charge on any atom is -0.393 e. The van der Waals surface area contributed by atoms with Gasteiger partial charge in [-0.2, -0.15) is 0 Å². The van der Waals surface area contributed by atoms with Crippen LogP contribution in [0.2, 0.25) is 0 Å². The fourth-order valence-corrected chi connectivity index (χ4v) is 2.29. The van der Waals surface area contributed by atoms with Gasteiger partial charge in [-0.15, -0.1) is 0 Å². The van der Waals surface area contributed by atoms with Crippen LogP contribution in [0.3, 0.4) is 0 Å². The summed E-state index contributed by atoms with van der Waals surface area (Å²) in [5.74, 6) is 1.40. The summed E-state index contributed by atoms with van der Waals surface area (Å²) in [6, 6.07) is 8.10. The van der Waals surface area contributed by atoms with Gasteiger partial charge in [-0.1, -0.05) is 17.7 Å². The second-order valence-electron chi connectivity index (χ2n) is 5.05. The summed E-state index contributed by atoms with van der Waals surface area (Å²) < 4.78 is 5.36. The second-order valence-corrected chi connectivity index (χ2v) is 5.05. The van der Waals surface area contributed by atoms with Gasteiger partial charge in [-0.25, -0.2) is 9.97 Å². The van der Waals surface area contributed by atoms with Crippen LogP contribution >= 0.6 is 0 Å². The molecule has 0 atom stereocenters. The molecule has 0 radical (unpaired) electrons. The van der Waals surface area contributed by atoms with Crippen LogP contribution in [0.25, 0.3) is 0 Å². The van der Waals surface area contributed by atoms with Crippen molar-refractivity contribution in [1.82, 2.24) is 9.97 Å². The summed E-state index contributed by atoms with van der Waals surface area (Å²) in [6.07, 6.45) is 1.54. The summed E-state index contributed by atoms with van der Waals surface area (Å²) in [5, 5.41) is 3.24. The van der Waals surface area contributed by atoms with Crippen molar-refractivity contribution in [2.45, 2.75) is 6.92 Å². The summed E-state index contributed by atoms with van der Waals surface area (Å²) in [5.41, 5.74) is 8.96. The van der Waals surface area contributed by atoms with Crippen LogP contribution in [0.1, 0.15) is 5.56 Å². The number of benzene rings is 1. The molecular formula is C15H19N5O. The van der Waals surface area contributed by atoms with Gasteiger partial charge < -0.3 is 20.7 Å². The highest BCUT2D eigenvalue weighted by molar-refractivity contribution is 5.78. The largest absolute Gasteiger partial charge is 0.393 e. The van der Waals surface area contributed by atoms with Crippen LogP contribution in [0, 0.1) is 6.92 Å². The number of nitrogens with two attached hydrogens (primary N) is 1. The molecule has 1 aliphatic heterocycles. The maximum atomic E-state index is 6.22. The van der Waals surface area contributed by atoms with Crippen molar-refractivity contribution in [3.05, 3.63) is 36.2 Å². The summed E-state index contributed by atoms with van der Waals surface area (Å²) in [4.78, 5) is 10.7. The highest BCUT2D eigenvalue weighted by Crippen LogP contribution is 2.28. The zero-order chi connectivity index (χ0) is 14.7. The number of aromatic nitrogens is 2. The van der Waals surface area contributed by atoms with E-state index < -0.39 is 0 Å². The van der Waals surface area contributed by atoms with Gasteiger partial charge in [0.25, 0.3) is 0 Å². The maximum Gasteiger partial charge on any atom is 0.159 e. The summed E-state index contributed by atoms with van der Waals surface area (Å²) in [6.45, 7) is 5.05. The van der Waals surface area contributed by atoms with Gasteiger partial charge in [0.1, 0.15) is 12.0 Å². The highest BCUT2D eigenvalue weighted by Gasteiger charge is 2.17. The molecule has 3 rings (SSSR count). The van der Waals surface area contributed by atoms with Gasteiger partial charge in [0.2, 0.25) is 0 Å². The lowest BCUT2D eigenvalue weighted by Crippen LogP contribution is -2.37. The molecule has 1 fully saturated rings. The standard InChI is InChI=1S/C15H19N5O/c1-11-2-4-12(5-3-11)19-14-13(16)15(18-10-17-14)20-6-8-21-9-7-20/h2-5,10H,6-9,16H2,1H3,(H,17,18,19). The Labute approximate surface area is 124 Å². The molecule has 0 bridgehead atoms. The highest BCUT2D eigenvalue weighted by atomic mass is 16.5. The monoisotopic (exact) mass is 285 g/mol. The van der Waals surface area contributed by atoms with Crippen molar-refractivity contribution >= 4 is 23.0 Å². The molecule has 1 saturated heterocycles. The van der Waals surface area contributed by atoms with Crippen molar-refractivity contribution in [3.8, 4) is 0 Å². The third-order valence-corrected chi connectivity index (χ3v) is 3.49. The number of nitrogens with zero attached hydrogens (tertiary/aromatic N) is 3. The zero-order valence-corrected chi connectivity index (χ0v) is 12.0. The third kappa shape index (κ3) is 3.05. The van der Waals surface area contributed by atoms with E-state index in [0.717, 1.165) is 24.6 Å². The number of hydrogen-bond acceptors (Lipinski definition) is 6. The second kappa shape index (κ2) is 5.97. The molecule has 2 aromatic rings. The van der Waals surface area contributed by atoms with E-state index in [0.29, 0.717) is 24.7 Å². The quantitative estimate of drug-likeness (QED) is 0.897. The smallest absolute Gasteiger partial charge is 0.159 e. The van der Waals surface area contributed by atoms with E-state index >= 15 is 0 Å². The van der Waals surface area contributed by atoms with Crippen LogP contribution in [-0.4, -0.2) is 36.3 Å². The lowest BCUT2D eigenvalue weighted by atomic mass is 10.2. The molecule has 1 aromatic heterocycles. The van der Waals surface area contributed by atoms with Gasteiger partial charge in [0, 0.05) is 18.8 Å². The Balaban J connectivity index is 1.84. The average molecular weight is 285 g/mol. The number of nitrogens with one attached hydrogen (secondary N) is 1. The lowest BCUT2D eigenvalue weighted by molar-refractivity contribution is 0.122. The first-order chi connectivity index (χ1) is 10.2. The van der Waals surface area contributed by atoms with E-state index in [1.807, 2.05) is 24.3 Å². The number of nitrogen functional groups attached to an aromatic ring is 1. The van der Waals surface area contributed by atoms with Crippen molar-refractivity contribution in [2.75, 3.05) is 42.3 Å². The van der Waals surface area contributed by atoms with Crippen LogP contribution in [0.4, 0.5) is 23.0 Å². The van der Waals surface area contributed by atoms with Gasteiger partial charge in [-0.05, 0) is 19.1 Å². The van der Waals surface area contributed by atoms with Crippen LogP contribution < -0.4 is 16.0 Å². The van der Waals surface area contributed by atoms with Crippen molar-refractivity contribution in [1.29, 1.82) is 0 Å². The van der Waals surface area contributed by atoms with Crippen LogP contribution in [0.5, 0.6) is 0 Å². The molecule has 0 amide bonds. The van der Waals surface area contributed by atoms with E-state index in [2.05, 4.69) is 27.1 Å². The first kappa shape index (κ1) is 13.6. The lowest BCUT2D eigenvalue weighted by Gasteiger charge is -2.28.